The molecule has 0 bridgehead atoms. The van der Waals surface area contributed by atoms with Crippen LogP contribution in [0.5, 0.6) is 5.75 Å². The zero-order valence-corrected chi connectivity index (χ0v) is 21.7. The minimum Gasteiger partial charge on any atom is -0.491 e. The van der Waals surface area contributed by atoms with Gasteiger partial charge < -0.3 is 19.9 Å². The standard InChI is InChI=1S/C25H34ClN3O3S/c1-6-11-28(24(31)27-25(3,4)5)15-23(30)29-12-9-22-19(10-13-33-22)21(29)16-32-18-7-8-20(26)17(2)14-18/h7-8,10,13-14,21H,6,9,11-12,15-16H2,1-5H3,(H,27,31)/t21-/m0/s1. The largest absolute Gasteiger partial charge is 0.491 e. The number of hydrogen-bond acceptors (Lipinski definition) is 4. The summed E-state index contributed by atoms with van der Waals surface area (Å²) in [5, 5.41) is 5.74. The molecule has 0 spiro atoms. The van der Waals surface area contributed by atoms with Crippen LogP contribution in [-0.2, 0) is 11.2 Å². The van der Waals surface area contributed by atoms with Gasteiger partial charge in [-0.3, -0.25) is 4.79 Å². The van der Waals surface area contributed by atoms with Crippen molar-refractivity contribution in [3.8, 4) is 5.75 Å². The van der Waals surface area contributed by atoms with E-state index in [1.807, 2.05) is 57.7 Å². The Kier molecular flexibility index (Phi) is 8.29. The molecule has 180 valence electrons. The quantitative estimate of drug-likeness (QED) is 0.561. The van der Waals surface area contributed by atoms with E-state index in [9.17, 15) is 9.59 Å². The minimum absolute atomic E-state index is 0.0474. The second kappa shape index (κ2) is 10.8. The van der Waals surface area contributed by atoms with Crippen LogP contribution in [0.2, 0.25) is 5.02 Å². The molecule has 0 fully saturated rings. The van der Waals surface area contributed by atoms with Crippen molar-refractivity contribution >= 4 is 34.9 Å². The zero-order valence-electron chi connectivity index (χ0n) is 20.1. The summed E-state index contributed by atoms with van der Waals surface area (Å²) in [6.07, 6.45) is 1.60. The number of halogens is 1. The van der Waals surface area contributed by atoms with E-state index in [2.05, 4.69) is 16.8 Å². The van der Waals surface area contributed by atoms with E-state index in [-0.39, 0.29) is 30.1 Å². The zero-order chi connectivity index (χ0) is 24.2. The molecule has 3 amide bonds. The first-order chi connectivity index (χ1) is 15.6. The number of amides is 3. The monoisotopic (exact) mass is 491 g/mol. The van der Waals surface area contributed by atoms with Gasteiger partial charge in [0.25, 0.3) is 0 Å². The Balaban J connectivity index is 1.76. The molecule has 0 saturated heterocycles. The van der Waals surface area contributed by atoms with Crippen molar-refractivity contribution in [3.63, 3.8) is 0 Å². The van der Waals surface area contributed by atoms with Crippen LogP contribution >= 0.6 is 22.9 Å². The minimum atomic E-state index is -0.365. The molecule has 0 radical (unpaired) electrons. The van der Waals surface area contributed by atoms with E-state index in [0.29, 0.717) is 24.7 Å². The third kappa shape index (κ3) is 6.64. The van der Waals surface area contributed by atoms with E-state index in [1.54, 1.807) is 16.2 Å². The molecule has 8 heteroatoms. The Bertz CT molecular complexity index is 986. The Hall–Kier alpha value is -2.25. The van der Waals surface area contributed by atoms with Crippen molar-refractivity contribution in [3.05, 3.63) is 50.7 Å². The van der Waals surface area contributed by atoms with E-state index < -0.39 is 0 Å². The summed E-state index contributed by atoms with van der Waals surface area (Å²) < 4.78 is 6.11. The number of carbonyl (C=O) groups is 2. The molecule has 33 heavy (non-hydrogen) atoms. The maximum absolute atomic E-state index is 13.4. The van der Waals surface area contributed by atoms with Crippen LogP contribution in [0, 0.1) is 6.92 Å². The number of fused-ring (bicyclic) bond motifs is 1. The topological polar surface area (TPSA) is 61.9 Å². The molecule has 1 N–H and O–H groups in total. The fourth-order valence-corrected chi connectivity index (χ4v) is 4.98. The highest BCUT2D eigenvalue weighted by Crippen LogP contribution is 2.34. The first kappa shape index (κ1) is 25.4. The lowest BCUT2D eigenvalue weighted by Crippen LogP contribution is -2.53. The molecule has 0 saturated carbocycles. The first-order valence-electron chi connectivity index (χ1n) is 11.4. The van der Waals surface area contributed by atoms with Gasteiger partial charge in [0, 0.05) is 28.5 Å². The lowest BCUT2D eigenvalue weighted by Gasteiger charge is -2.37. The smallest absolute Gasteiger partial charge is 0.318 e. The SMILES string of the molecule is CCCN(CC(=O)N1CCc2sccc2[C@@H]1COc1ccc(Cl)c(C)c1)C(=O)NC(C)(C)C. The first-order valence-corrected chi connectivity index (χ1v) is 12.7. The fourth-order valence-electron chi connectivity index (χ4n) is 3.93. The van der Waals surface area contributed by atoms with Gasteiger partial charge in [-0.1, -0.05) is 18.5 Å². The van der Waals surface area contributed by atoms with E-state index in [0.717, 1.165) is 29.7 Å². The van der Waals surface area contributed by atoms with Gasteiger partial charge >= 0.3 is 6.03 Å². The molecule has 1 atom stereocenters. The number of ether oxygens (including phenoxy) is 1. The van der Waals surface area contributed by atoms with Gasteiger partial charge in [-0.2, -0.15) is 0 Å². The second-order valence-corrected chi connectivity index (χ2v) is 10.9. The number of thiophene rings is 1. The number of urea groups is 1. The number of hydrogen-bond donors (Lipinski definition) is 1. The normalized spacial score (nSPS) is 15.7. The van der Waals surface area contributed by atoms with Gasteiger partial charge in [-0.15, -0.1) is 11.3 Å². The van der Waals surface area contributed by atoms with Crippen LogP contribution in [0.3, 0.4) is 0 Å². The van der Waals surface area contributed by atoms with Crippen LogP contribution in [0.15, 0.2) is 29.6 Å². The summed E-state index contributed by atoms with van der Waals surface area (Å²) in [7, 11) is 0. The molecule has 1 aliphatic heterocycles. The van der Waals surface area contributed by atoms with Crippen molar-refractivity contribution in [2.75, 3.05) is 26.2 Å². The number of nitrogens with zero attached hydrogens (tertiary/aromatic N) is 2. The maximum atomic E-state index is 13.4. The summed E-state index contributed by atoms with van der Waals surface area (Å²) in [6.45, 7) is 11.3. The third-order valence-corrected chi connectivity index (χ3v) is 6.96. The summed E-state index contributed by atoms with van der Waals surface area (Å²) in [5.74, 6) is 0.661. The molecule has 6 nitrogen and oxygen atoms in total. The van der Waals surface area contributed by atoms with Crippen molar-refractivity contribution in [2.45, 2.75) is 59.0 Å². The fraction of sp³-hybridized carbons (Fsp3) is 0.520. The Labute approximate surface area is 205 Å². The number of rotatable bonds is 7. The number of carbonyl (C=O) groups excluding carboxylic acids is 2. The van der Waals surface area contributed by atoms with Gasteiger partial charge in [0.15, 0.2) is 0 Å². The van der Waals surface area contributed by atoms with Crippen molar-refractivity contribution in [2.24, 2.45) is 0 Å². The summed E-state index contributed by atoms with van der Waals surface area (Å²) in [6, 6.07) is 7.25. The molecule has 1 aromatic heterocycles. The molecule has 1 aromatic carbocycles. The highest BCUT2D eigenvalue weighted by Gasteiger charge is 2.33. The van der Waals surface area contributed by atoms with Gasteiger partial charge in [-0.25, -0.2) is 4.79 Å². The van der Waals surface area contributed by atoms with Crippen molar-refractivity contribution in [1.82, 2.24) is 15.1 Å². The Morgan fingerprint density at radius 3 is 2.73 bits per heavy atom. The molecule has 1 aliphatic rings. The molecule has 2 aromatic rings. The number of benzene rings is 1. The maximum Gasteiger partial charge on any atom is 0.318 e. The van der Waals surface area contributed by atoms with Crippen LogP contribution in [0.1, 0.15) is 56.2 Å². The van der Waals surface area contributed by atoms with Crippen molar-refractivity contribution in [1.29, 1.82) is 0 Å². The highest BCUT2D eigenvalue weighted by molar-refractivity contribution is 7.10. The highest BCUT2D eigenvalue weighted by atomic mass is 35.5. The van der Waals surface area contributed by atoms with Gasteiger partial charge in [-0.05, 0) is 81.3 Å². The van der Waals surface area contributed by atoms with Crippen LogP contribution < -0.4 is 10.1 Å². The van der Waals surface area contributed by atoms with Crippen LogP contribution in [-0.4, -0.2) is 53.5 Å². The predicted molar refractivity (Wildman–Crippen MR) is 134 cm³/mol. The van der Waals surface area contributed by atoms with Crippen LogP contribution in [0.4, 0.5) is 4.79 Å². The summed E-state index contributed by atoms with van der Waals surface area (Å²) in [5.41, 5.74) is 1.71. The lowest BCUT2D eigenvalue weighted by atomic mass is 10.0. The van der Waals surface area contributed by atoms with Gasteiger partial charge in [0.1, 0.15) is 18.9 Å². The third-order valence-electron chi connectivity index (χ3n) is 5.54. The second-order valence-electron chi connectivity index (χ2n) is 9.48. The summed E-state index contributed by atoms with van der Waals surface area (Å²) >= 11 is 7.86. The van der Waals surface area contributed by atoms with E-state index in [4.69, 9.17) is 16.3 Å². The molecular formula is C25H34ClN3O3S. The van der Waals surface area contributed by atoms with Gasteiger partial charge in [0.2, 0.25) is 5.91 Å². The average molecular weight is 492 g/mol. The lowest BCUT2D eigenvalue weighted by molar-refractivity contribution is -0.135. The molecule has 0 aliphatic carbocycles. The average Bonchev–Trinajstić information content (AvgIpc) is 3.21. The molecular weight excluding hydrogens is 458 g/mol. The summed E-state index contributed by atoms with van der Waals surface area (Å²) in [4.78, 5) is 31.0. The number of aryl methyl sites for hydroxylation is 1. The van der Waals surface area contributed by atoms with E-state index in [1.165, 1.54) is 4.88 Å². The van der Waals surface area contributed by atoms with Gasteiger partial charge in [0.05, 0.1) is 6.04 Å². The van der Waals surface area contributed by atoms with E-state index >= 15 is 0 Å². The molecule has 3 rings (SSSR count). The molecule has 2 heterocycles. The Morgan fingerprint density at radius 2 is 2.06 bits per heavy atom. The van der Waals surface area contributed by atoms with Crippen molar-refractivity contribution < 1.29 is 14.3 Å². The Morgan fingerprint density at radius 1 is 1.30 bits per heavy atom. The molecule has 0 unspecified atom stereocenters. The van der Waals surface area contributed by atoms with Crippen LogP contribution in [0.25, 0.3) is 0 Å². The predicted octanol–water partition coefficient (Wildman–Crippen LogP) is 5.43. The number of nitrogens with one attached hydrogen (secondary N) is 1.